The fourth-order valence-electron chi connectivity index (χ4n) is 0.610. The molecule has 0 spiro atoms. The lowest BCUT2D eigenvalue weighted by molar-refractivity contribution is 0.381. The third kappa shape index (κ3) is 17.3. The Morgan fingerprint density at radius 1 is 0.833 bits per heavy atom. The maximum absolute atomic E-state index is 10.6. The van der Waals surface area contributed by atoms with Crippen molar-refractivity contribution in [2.45, 2.75) is 4.90 Å². The van der Waals surface area contributed by atoms with E-state index in [4.69, 9.17) is 22.7 Å². The zero-order valence-corrected chi connectivity index (χ0v) is 10.4. The summed E-state index contributed by atoms with van der Waals surface area (Å²) in [6.45, 7) is 0. The van der Waals surface area contributed by atoms with Crippen LogP contribution in [0.4, 0.5) is 0 Å². The van der Waals surface area contributed by atoms with Gasteiger partial charge in [-0.15, -0.1) is 0 Å². The van der Waals surface area contributed by atoms with Gasteiger partial charge in [0.05, 0.1) is 4.90 Å². The van der Waals surface area contributed by atoms with Crippen molar-refractivity contribution < 1.29 is 42.4 Å². The average molecular weight is 309 g/mol. The Morgan fingerprint density at radius 3 is 1.28 bits per heavy atom. The first-order valence-corrected chi connectivity index (χ1v) is 6.33. The van der Waals surface area contributed by atoms with Crippen LogP contribution in [0.5, 0.6) is 0 Å². The van der Waals surface area contributed by atoms with Gasteiger partial charge in [-0.05, 0) is 12.1 Å². The van der Waals surface area contributed by atoms with Crippen LogP contribution in [-0.4, -0.2) is 42.4 Å². The van der Waals surface area contributed by atoms with Gasteiger partial charge >= 0.3 is 10.4 Å². The van der Waals surface area contributed by atoms with Crippen molar-refractivity contribution in [1.82, 2.24) is 0 Å². The molecular formula is C6H15NO9S2. The lowest BCUT2D eigenvalue weighted by Gasteiger charge is -1.93. The van der Waals surface area contributed by atoms with E-state index in [1.807, 2.05) is 0 Å². The van der Waals surface area contributed by atoms with E-state index < -0.39 is 20.4 Å². The van der Waals surface area contributed by atoms with Crippen molar-refractivity contribution in [3.8, 4) is 0 Å². The van der Waals surface area contributed by atoms with Gasteiger partial charge in [-0.1, -0.05) is 18.2 Å². The quantitative estimate of drug-likeness (QED) is 0.463. The summed E-state index contributed by atoms with van der Waals surface area (Å²) in [4.78, 5) is 0.148. The highest BCUT2D eigenvalue weighted by molar-refractivity contribution is 7.89. The van der Waals surface area contributed by atoms with Gasteiger partial charge < -0.3 is 16.4 Å². The molecule has 18 heavy (non-hydrogen) atoms. The Morgan fingerprint density at radius 2 is 1.11 bits per heavy atom. The van der Waals surface area contributed by atoms with E-state index in [9.17, 15) is 8.42 Å². The van der Waals surface area contributed by atoms with Gasteiger partial charge in [0.25, 0.3) is 0 Å². The molecule has 0 saturated heterocycles. The van der Waals surface area contributed by atoms with Gasteiger partial charge in [0.15, 0.2) is 0 Å². The van der Waals surface area contributed by atoms with E-state index in [0.717, 1.165) is 0 Å². The highest BCUT2D eigenvalue weighted by Crippen LogP contribution is 2.02. The highest BCUT2D eigenvalue weighted by Gasteiger charge is 2.03. The molecule has 10 nitrogen and oxygen atoms in total. The fraction of sp³-hybridized carbons (Fsp3) is 0. The Kier molecular flexibility index (Phi) is 14.1. The summed E-state index contributed by atoms with van der Waals surface area (Å²) in [7, 11) is -8.17. The topological polar surface area (TPSA) is 229 Å². The maximum Gasteiger partial charge on any atom is 0.394 e. The van der Waals surface area contributed by atoms with Crippen LogP contribution >= 0.6 is 0 Å². The average Bonchev–Trinajstić information content (AvgIpc) is 2.01. The van der Waals surface area contributed by atoms with Gasteiger partial charge in [-0.25, -0.2) is 13.6 Å². The normalized spacial score (nSPS) is 9.50. The van der Waals surface area contributed by atoms with Crippen LogP contribution in [0.1, 0.15) is 0 Å². The minimum atomic E-state index is -4.67. The van der Waals surface area contributed by atoms with Crippen molar-refractivity contribution in [3.63, 3.8) is 0 Å². The molecule has 0 heterocycles. The largest absolute Gasteiger partial charge is 0.412 e. The SMILES string of the molecule is NS(=O)(=O)c1ccccc1.O.O.O.O=S(=O)(O)O. The zero-order chi connectivity index (χ0) is 12.1. The van der Waals surface area contributed by atoms with E-state index in [2.05, 4.69) is 0 Å². The molecule has 10 N–H and O–H groups in total. The van der Waals surface area contributed by atoms with Crippen LogP contribution in [0.3, 0.4) is 0 Å². The monoisotopic (exact) mass is 309 g/mol. The number of nitrogens with two attached hydrogens (primary N) is 1. The van der Waals surface area contributed by atoms with Crippen molar-refractivity contribution in [2.75, 3.05) is 0 Å². The van der Waals surface area contributed by atoms with Crippen molar-refractivity contribution >= 4 is 20.4 Å². The molecule has 0 aliphatic carbocycles. The maximum atomic E-state index is 10.6. The Labute approximate surface area is 104 Å². The second-order valence-corrected chi connectivity index (χ2v) is 4.76. The number of hydrogen-bond acceptors (Lipinski definition) is 4. The van der Waals surface area contributed by atoms with Gasteiger partial charge in [-0.3, -0.25) is 9.11 Å². The predicted octanol–water partition coefficient (Wildman–Crippen LogP) is -2.79. The summed E-state index contributed by atoms with van der Waals surface area (Å²) >= 11 is 0. The minimum absolute atomic E-state index is 0. The number of benzene rings is 1. The molecule has 1 rings (SSSR count). The van der Waals surface area contributed by atoms with Crippen molar-refractivity contribution in [1.29, 1.82) is 0 Å². The van der Waals surface area contributed by atoms with Crippen LogP contribution in [-0.2, 0) is 20.4 Å². The Hall–Kier alpha value is -1.12. The highest BCUT2D eigenvalue weighted by atomic mass is 32.3. The molecule has 0 radical (unpaired) electrons. The smallest absolute Gasteiger partial charge is 0.394 e. The molecule has 0 aromatic heterocycles. The van der Waals surface area contributed by atoms with E-state index in [0.29, 0.717) is 0 Å². The molecule has 0 atom stereocenters. The Bertz CT molecular complexity index is 487. The molecular weight excluding hydrogens is 294 g/mol. The van der Waals surface area contributed by atoms with Gasteiger partial charge in [0.2, 0.25) is 10.0 Å². The third-order valence-electron chi connectivity index (χ3n) is 1.07. The first-order valence-electron chi connectivity index (χ1n) is 3.38. The third-order valence-corrected chi connectivity index (χ3v) is 2.00. The van der Waals surface area contributed by atoms with Crippen LogP contribution in [0, 0.1) is 0 Å². The van der Waals surface area contributed by atoms with Crippen molar-refractivity contribution in [3.05, 3.63) is 30.3 Å². The lowest BCUT2D eigenvalue weighted by Crippen LogP contribution is -2.11. The first kappa shape index (κ1) is 25.7. The molecule has 110 valence electrons. The summed E-state index contributed by atoms with van der Waals surface area (Å²) in [6, 6.07) is 7.89. The van der Waals surface area contributed by atoms with E-state index in [1.165, 1.54) is 12.1 Å². The summed E-state index contributed by atoms with van der Waals surface area (Å²) in [6.07, 6.45) is 0. The standard InChI is InChI=1S/C6H7NO2S.H2O4S.3H2O/c7-10(8,9)6-4-2-1-3-5-6;1-5(2,3)4;;;/h1-5H,(H2,7,8,9);(H2,1,2,3,4);3*1H2. The zero-order valence-electron chi connectivity index (χ0n) is 8.81. The van der Waals surface area contributed by atoms with E-state index in [-0.39, 0.29) is 21.3 Å². The van der Waals surface area contributed by atoms with Gasteiger partial charge in [-0.2, -0.15) is 8.42 Å². The van der Waals surface area contributed by atoms with Crippen LogP contribution in [0.25, 0.3) is 0 Å². The molecule has 0 aliphatic heterocycles. The molecule has 0 unspecified atom stereocenters. The minimum Gasteiger partial charge on any atom is -0.412 e. The number of sulfonamides is 1. The fourth-order valence-corrected chi connectivity index (χ4v) is 1.15. The second-order valence-electron chi connectivity index (χ2n) is 2.31. The number of primary sulfonamides is 1. The molecule has 1 aromatic rings. The summed E-state index contributed by atoms with van der Waals surface area (Å²) in [5.74, 6) is 0. The molecule has 12 heteroatoms. The first-order chi connectivity index (χ1) is 6.61. The van der Waals surface area contributed by atoms with Gasteiger partial charge in [0.1, 0.15) is 0 Å². The molecule has 0 aliphatic rings. The molecule has 1 aromatic carbocycles. The van der Waals surface area contributed by atoms with E-state index >= 15 is 0 Å². The summed E-state index contributed by atoms with van der Waals surface area (Å²) < 4.78 is 52.8. The van der Waals surface area contributed by atoms with Crippen LogP contribution in [0.15, 0.2) is 35.2 Å². The lowest BCUT2D eigenvalue weighted by atomic mass is 10.4. The molecule has 0 amide bonds. The predicted molar refractivity (Wildman–Crippen MR) is 62.8 cm³/mol. The number of rotatable bonds is 1. The number of hydrogen-bond donors (Lipinski definition) is 3. The van der Waals surface area contributed by atoms with Crippen LogP contribution < -0.4 is 5.14 Å². The summed E-state index contributed by atoms with van der Waals surface area (Å²) in [5, 5.41) is 4.83. The molecule has 0 bridgehead atoms. The summed E-state index contributed by atoms with van der Waals surface area (Å²) in [5.41, 5.74) is 0. The van der Waals surface area contributed by atoms with Gasteiger partial charge in [0, 0.05) is 0 Å². The van der Waals surface area contributed by atoms with Crippen LogP contribution in [0.2, 0.25) is 0 Å². The molecule has 0 fully saturated rings. The van der Waals surface area contributed by atoms with Crippen molar-refractivity contribution in [2.24, 2.45) is 5.14 Å². The molecule has 0 saturated carbocycles. The Balaban J connectivity index is -0.000000109. The second kappa shape index (κ2) is 9.86. The van der Waals surface area contributed by atoms with E-state index in [1.54, 1.807) is 18.2 Å².